The molecule has 1 rings (SSSR count). The third-order valence-electron chi connectivity index (χ3n) is 3.19. The summed E-state index contributed by atoms with van der Waals surface area (Å²) < 4.78 is 33.6. The molecule has 0 saturated heterocycles. The SMILES string of the molecule is CCCC(CN)NS(=O)(=O)N(C)Cc1cccc(OC)c1. The first-order valence-corrected chi connectivity index (χ1v) is 8.43. The number of nitrogens with two attached hydrogens (primary N) is 1. The average Bonchev–Trinajstić information content (AvgIpc) is 2.46. The van der Waals surface area contributed by atoms with Crippen LogP contribution in [0.5, 0.6) is 5.75 Å². The molecular weight excluding hydrogens is 290 g/mol. The second-order valence-corrected chi connectivity index (χ2v) is 6.76. The molecule has 0 bridgehead atoms. The molecule has 0 saturated carbocycles. The van der Waals surface area contributed by atoms with E-state index in [9.17, 15) is 8.42 Å². The molecule has 1 aromatic rings. The number of hydrogen-bond donors (Lipinski definition) is 2. The van der Waals surface area contributed by atoms with Gasteiger partial charge in [0.15, 0.2) is 0 Å². The molecule has 1 aromatic carbocycles. The van der Waals surface area contributed by atoms with E-state index in [4.69, 9.17) is 10.5 Å². The molecule has 3 N–H and O–H groups in total. The van der Waals surface area contributed by atoms with Crippen LogP contribution in [0.1, 0.15) is 25.3 Å². The number of nitrogens with one attached hydrogen (secondary N) is 1. The summed E-state index contributed by atoms with van der Waals surface area (Å²) in [6.07, 6.45) is 1.60. The molecule has 0 spiro atoms. The molecule has 7 heteroatoms. The molecule has 1 atom stereocenters. The predicted octanol–water partition coefficient (Wildman–Crippen LogP) is 1.09. The summed E-state index contributed by atoms with van der Waals surface area (Å²) in [7, 11) is -0.425. The van der Waals surface area contributed by atoms with Crippen LogP contribution >= 0.6 is 0 Å². The smallest absolute Gasteiger partial charge is 0.279 e. The summed E-state index contributed by atoms with van der Waals surface area (Å²) in [6.45, 7) is 2.56. The van der Waals surface area contributed by atoms with Gasteiger partial charge < -0.3 is 10.5 Å². The Morgan fingerprint density at radius 3 is 2.71 bits per heavy atom. The van der Waals surface area contributed by atoms with E-state index >= 15 is 0 Å². The van der Waals surface area contributed by atoms with E-state index in [1.54, 1.807) is 14.2 Å². The predicted molar refractivity (Wildman–Crippen MR) is 84.3 cm³/mol. The number of nitrogens with zero attached hydrogens (tertiary/aromatic N) is 1. The number of rotatable bonds is 9. The topological polar surface area (TPSA) is 84.7 Å². The summed E-state index contributed by atoms with van der Waals surface area (Å²) in [5, 5.41) is 0. The molecule has 0 aliphatic carbocycles. The molecular formula is C14H25N3O3S. The summed E-state index contributed by atoms with van der Waals surface area (Å²) >= 11 is 0. The molecule has 0 amide bonds. The Labute approximate surface area is 127 Å². The highest BCUT2D eigenvalue weighted by molar-refractivity contribution is 7.87. The van der Waals surface area contributed by atoms with E-state index < -0.39 is 10.2 Å². The van der Waals surface area contributed by atoms with Gasteiger partial charge in [0, 0.05) is 26.2 Å². The fraction of sp³-hybridized carbons (Fsp3) is 0.571. The first-order valence-electron chi connectivity index (χ1n) is 6.99. The summed E-state index contributed by atoms with van der Waals surface area (Å²) in [6, 6.07) is 7.11. The van der Waals surface area contributed by atoms with Crippen LogP contribution in [-0.2, 0) is 16.8 Å². The Balaban J connectivity index is 2.74. The van der Waals surface area contributed by atoms with Gasteiger partial charge in [-0.2, -0.15) is 17.4 Å². The fourth-order valence-corrected chi connectivity index (χ4v) is 3.12. The van der Waals surface area contributed by atoms with Crippen molar-refractivity contribution >= 4 is 10.2 Å². The van der Waals surface area contributed by atoms with Gasteiger partial charge in [-0.15, -0.1) is 0 Å². The minimum absolute atomic E-state index is 0.229. The van der Waals surface area contributed by atoms with Crippen molar-refractivity contribution in [3.05, 3.63) is 29.8 Å². The molecule has 6 nitrogen and oxygen atoms in total. The van der Waals surface area contributed by atoms with E-state index in [0.717, 1.165) is 18.4 Å². The van der Waals surface area contributed by atoms with Crippen molar-refractivity contribution in [2.24, 2.45) is 5.73 Å². The molecule has 0 aromatic heterocycles. The Morgan fingerprint density at radius 1 is 1.43 bits per heavy atom. The number of hydrogen-bond acceptors (Lipinski definition) is 4. The zero-order valence-corrected chi connectivity index (χ0v) is 13.7. The van der Waals surface area contributed by atoms with Crippen LogP contribution in [0.25, 0.3) is 0 Å². The van der Waals surface area contributed by atoms with Gasteiger partial charge in [-0.3, -0.25) is 0 Å². The molecule has 21 heavy (non-hydrogen) atoms. The van der Waals surface area contributed by atoms with Gasteiger partial charge in [-0.25, -0.2) is 0 Å². The molecule has 120 valence electrons. The van der Waals surface area contributed by atoms with E-state index in [0.29, 0.717) is 12.3 Å². The average molecular weight is 315 g/mol. The van der Waals surface area contributed by atoms with Crippen LogP contribution in [0.15, 0.2) is 24.3 Å². The lowest BCUT2D eigenvalue weighted by Crippen LogP contribution is -2.46. The summed E-state index contributed by atoms with van der Waals surface area (Å²) in [5.74, 6) is 0.706. The molecule has 0 radical (unpaired) electrons. The fourth-order valence-electron chi connectivity index (χ4n) is 1.99. The van der Waals surface area contributed by atoms with Crippen molar-refractivity contribution in [2.45, 2.75) is 32.4 Å². The first-order chi connectivity index (χ1) is 9.92. The van der Waals surface area contributed by atoms with Gasteiger partial charge in [-0.1, -0.05) is 25.5 Å². The maximum Gasteiger partial charge on any atom is 0.279 e. The quantitative estimate of drug-likeness (QED) is 0.714. The lowest BCUT2D eigenvalue weighted by molar-refractivity contribution is 0.411. The minimum atomic E-state index is -3.55. The third kappa shape index (κ3) is 5.62. The third-order valence-corrected chi connectivity index (χ3v) is 4.77. The molecule has 0 heterocycles. The standard InChI is InChI=1S/C14H25N3O3S/c1-4-6-13(10-15)16-21(18,19)17(2)11-12-7-5-8-14(9-12)20-3/h5,7-9,13,16H,4,6,10-11,15H2,1-3H3. The Hall–Kier alpha value is -1.15. The highest BCUT2D eigenvalue weighted by Crippen LogP contribution is 2.15. The number of benzene rings is 1. The van der Waals surface area contributed by atoms with Crippen LogP contribution in [-0.4, -0.2) is 39.5 Å². The molecule has 1 unspecified atom stereocenters. The van der Waals surface area contributed by atoms with E-state index in [-0.39, 0.29) is 12.6 Å². The van der Waals surface area contributed by atoms with Crippen molar-refractivity contribution in [1.82, 2.24) is 9.03 Å². The highest BCUT2D eigenvalue weighted by Gasteiger charge is 2.21. The maximum absolute atomic E-state index is 12.3. The second-order valence-electron chi connectivity index (χ2n) is 4.95. The second kappa shape index (κ2) is 8.33. The van der Waals surface area contributed by atoms with Crippen LogP contribution in [0.2, 0.25) is 0 Å². The van der Waals surface area contributed by atoms with E-state index in [2.05, 4.69) is 4.72 Å². The Bertz CT molecular complexity index is 534. The van der Waals surface area contributed by atoms with Crippen molar-refractivity contribution in [1.29, 1.82) is 0 Å². The van der Waals surface area contributed by atoms with Gasteiger partial charge >= 0.3 is 0 Å². The first kappa shape index (κ1) is 17.9. The normalized spacial score (nSPS) is 13.4. The summed E-state index contributed by atoms with van der Waals surface area (Å²) in [5.41, 5.74) is 6.46. The molecule has 0 aliphatic rings. The lowest BCUT2D eigenvalue weighted by Gasteiger charge is -2.22. The van der Waals surface area contributed by atoms with Crippen molar-refractivity contribution in [2.75, 3.05) is 20.7 Å². The van der Waals surface area contributed by atoms with Crippen LogP contribution in [0.4, 0.5) is 0 Å². The van der Waals surface area contributed by atoms with Crippen molar-refractivity contribution in [3.63, 3.8) is 0 Å². The van der Waals surface area contributed by atoms with Crippen molar-refractivity contribution in [3.8, 4) is 5.75 Å². The van der Waals surface area contributed by atoms with Crippen LogP contribution in [0, 0.1) is 0 Å². The van der Waals surface area contributed by atoms with Gasteiger partial charge in [0.1, 0.15) is 5.75 Å². The number of ether oxygens (including phenoxy) is 1. The van der Waals surface area contributed by atoms with Gasteiger partial charge in [0.2, 0.25) is 0 Å². The molecule has 0 aliphatic heterocycles. The highest BCUT2D eigenvalue weighted by atomic mass is 32.2. The van der Waals surface area contributed by atoms with Crippen LogP contribution in [0.3, 0.4) is 0 Å². The Morgan fingerprint density at radius 2 is 2.14 bits per heavy atom. The largest absolute Gasteiger partial charge is 0.497 e. The lowest BCUT2D eigenvalue weighted by atomic mass is 10.2. The molecule has 0 fully saturated rings. The van der Waals surface area contributed by atoms with E-state index in [1.165, 1.54) is 4.31 Å². The number of methoxy groups -OCH3 is 1. The Kier molecular flexibility index (Phi) is 7.10. The van der Waals surface area contributed by atoms with E-state index in [1.807, 2.05) is 31.2 Å². The zero-order valence-electron chi connectivity index (χ0n) is 12.9. The monoisotopic (exact) mass is 315 g/mol. The van der Waals surface area contributed by atoms with Gasteiger partial charge in [-0.05, 0) is 24.1 Å². The van der Waals surface area contributed by atoms with Crippen molar-refractivity contribution < 1.29 is 13.2 Å². The van der Waals surface area contributed by atoms with Crippen LogP contribution < -0.4 is 15.2 Å². The zero-order chi connectivity index (χ0) is 15.9. The van der Waals surface area contributed by atoms with Gasteiger partial charge in [0.25, 0.3) is 10.2 Å². The summed E-state index contributed by atoms with van der Waals surface area (Å²) in [4.78, 5) is 0. The minimum Gasteiger partial charge on any atom is -0.497 e. The van der Waals surface area contributed by atoms with Gasteiger partial charge in [0.05, 0.1) is 7.11 Å². The maximum atomic E-state index is 12.3.